The third-order valence-electron chi connectivity index (χ3n) is 6.72. The van der Waals surface area contributed by atoms with Gasteiger partial charge in [0.05, 0.1) is 24.0 Å². The number of nitrogens with zero attached hydrogens (tertiary/aromatic N) is 4. The highest BCUT2D eigenvalue weighted by Gasteiger charge is 2.38. The third kappa shape index (κ3) is 4.09. The van der Waals surface area contributed by atoms with E-state index in [9.17, 15) is 9.59 Å². The highest BCUT2D eigenvalue weighted by atomic mass is 32.1. The molecule has 0 aliphatic carbocycles. The lowest BCUT2D eigenvalue weighted by Gasteiger charge is -2.36. The first-order valence-electron chi connectivity index (χ1n) is 11.5. The number of hydrogen-bond donors (Lipinski definition) is 1. The van der Waals surface area contributed by atoms with Crippen LogP contribution in [0.5, 0.6) is 0 Å². The van der Waals surface area contributed by atoms with E-state index in [1.54, 1.807) is 11.3 Å². The monoisotopic (exact) mass is 463 g/mol. The molecule has 2 amide bonds. The number of aryl methyl sites for hydroxylation is 1. The minimum absolute atomic E-state index is 0.0657. The quantitative estimate of drug-likeness (QED) is 0.630. The van der Waals surface area contributed by atoms with E-state index in [0.717, 1.165) is 42.0 Å². The highest BCUT2D eigenvalue weighted by Crippen LogP contribution is 2.35. The second-order valence-electron chi connectivity index (χ2n) is 8.76. The molecule has 1 aromatic carbocycles. The minimum atomic E-state index is -0.525. The predicted octanol–water partition coefficient (Wildman–Crippen LogP) is 3.39. The number of rotatable bonds is 5. The molecule has 0 radical (unpaired) electrons. The van der Waals surface area contributed by atoms with Crippen molar-refractivity contribution >= 4 is 23.2 Å². The fourth-order valence-electron chi connectivity index (χ4n) is 5.18. The normalized spacial score (nSPS) is 21.4. The molecule has 2 saturated heterocycles. The first-order valence-corrected chi connectivity index (χ1v) is 12.4. The van der Waals surface area contributed by atoms with Crippen molar-refractivity contribution in [2.24, 2.45) is 0 Å². The molecule has 33 heavy (non-hydrogen) atoms. The van der Waals surface area contributed by atoms with Crippen LogP contribution in [0.25, 0.3) is 5.69 Å². The summed E-state index contributed by atoms with van der Waals surface area (Å²) in [6.07, 6.45) is 2.01. The number of para-hydroxylation sites is 1. The van der Waals surface area contributed by atoms with E-state index in [1.165, 1.54) is 4.88 Å². The fraction of sp³-hybridized carbons (Fsp3) is 0.400. The van der Waals surface area contributed by atoms with Crippen LogP contribution in [-0.4, -0.2) is 57.6 Å². The van der Waals surface area contributed by atoms with Crippen molar-refractivity contribution < 1.29 is 9.59 Å². The average Bonchev–Trinajstić information content (AvgIpc) is 3.56. The van der Waals surface area contributed by atoms with Crippen LogP contribution >= 0.6 is 11.3 Å². The van der Waals surface area contributed by atoms with Crippen molar-refractivity contribution in [3.05, 3.63) is 69.7 Å². The van der Waals surface area contributed by atoms with E-state index in [2.05, 4.69) is 16.8 Å². The fourth-order valence-corrected chi connectivity index (χ4v) is 6.05. The number of hydrogen-bond acceptors (Lipinski definition) is 5. The molecular weight excluding hydrogens is 434 g/mol. The lowest BCUT2D eigenvalue weighted by atomic mass is 10.00. The predicted molar refractivity (Wildman–Crippen MR) is 128 cm³/mol. The molecule has 2 atom stereocenters. The van der Waals surface area contributed by atoms with Gasteiger partial charge in [-0.25, -0.2) is 4.68 Å². The van der Waals surface area contributed by atoms with Crippen molar-refractivity contribution in [2.45, 2.75) is 38.8 Å². The number of benzene rings is 1. The molecule has 172 valence electrons. The van der Waals surface area contributed by atoms with Crippen LogP contribution in [-0.2, 0) is 9.59 Å². The third-order valence-corrected chi connectivity index (χ3v) is 7.69. The van der Waals surface area contributed by atoms with Crippen LogP contribution in [0.2, 0.25) is 0 Å². The Morgan fingerprint density at radius 1 is 1.15 bits per heavy atom. The largest absolute Gasteiger partial charge is 0.353 e. The lowest BCUT2D eigenvalue weighted by molar-refractivity contribution is -0.137. The van der Waals surface area contributed by atoms with E-state index in [1.807, 2.05) is 64.7 Å². The Hall–Kier alpha value is -2.97. The van der Waals surface area contributed by atoms with Crippen molar-refractivity contribution in [3.63, 3.8) is 0 Å². The van der Waals surface area contributed by atoms with Crippen LogP contribution in [0.3, 0.4) is 0 Å². The maximum atomic E-state index is 13.4. The topological polar surface area (TPSA) is 70.5 Å². The van der Waals surface area contributed by atoms with Gasteiger partial charge in [0, 0.05) is 35.8 Å². The summed E-state index contributed by atoms with van der Waals surface area (Å²) in [5, 5.41) is 9.81. The molecular formula is C25H29N5O2S. The second-order valence-corrected chi connectivity index (χ2v) is 9.74. The molecule has 0 spiro atoms. The first-order chi connectivity index (χ1) is 16.0. The summed E-state index contributed by atoms with van der Waals surface area (Å²) in [6.45, 7) is 6.12. The zero-order valence-corrected chi connectivity index (χ0v) is 19.8. The molecule has 5 rings (SSSR count). The summed E-state index contributed by atoms with van der Waals surface area (Å²) in [5.74, 6) is 0.0282. The minimum Gasteiger partial charge on any atom is -0.353 e. The number of piperazine rings is 1. The zero-order valence-electron chi connectivity index (χ0n) is 19.0. The van der Waals surface area contributed by atoms with E-state index >= 15 is 0 Å². The number of amides is 2. The standard InChI is InChI=1S/C25H29N5O2S/c1-17-23(18(2)30(27-17)19-8-4-3-5-9-19)24-25(32)26-12-14-28(24)16-22(31)29-13-6-10-20(29)21-11-7-15-33-21/h3-5,7-9,11,15,20,24H,6,10,12-14,16H2,1-2H3,(H,26,32)/t20-,24-/m1/s1. The number of aromatic nitrogens is 2. The Morgan fingerprint density at radius 3 is 2.73 bits per heavy atom. The average molecular weight is 464 g/mol. The maximum absolute atomic E-state index is 13.4. The molecule has 4 heterocycles. The summed E-state index contributed by atoms with van der Waals surface area (Å²) >= 11 is 1.71. The summed E-state index contributed by atoms with van der Waals surface area (Å²) in [4.78, 5) is 31.8. The van der Waals surface area contributed by atoms with Gasteiger partial charge in [-0.3, -0.25) is 14.5 Å². The van der Waals surface area contributed by atoms with Gasteiger partial charge in [-0.15, -0.1) is 11.3 Å². The van der Waals surface area contributed by atoms with Crippen LogP contribution < -0.4 is 5.32 Å². The van der Waals surface area contributed by atoms with E-state index in [-0.39, 0.29) is 24.4 Å². The van der Waals surface area contributed by atoms with Gasteiger partial charge in [0.15, 0.2) is 0 Å². The van der Waals surface area contributed by atoms with Gasteiger partial charge in [0.25, 0.3) is 0 Å². The van der Waals surface area contributed by atoms with Crippen molar-refractivity contribution in [2.75, 3.05) is 26.2 Å². The summed E-state index contributed by atoms with van der Waals surface area (Å²) in [7, 11) is 0. The van der Waals surface area contributed by atoms with Gasteiger partial charge in [-0.2, -0.15) is 5.10 Å². The van der Waals surface area contributed by atoms with Crippen molar-refractivity contribution in [1.29, 1.82) is 0 Å². The van der Waals surface area contributed by atoms with Gasteiger partial charge in [0.1, 0.15) is 6.04 Å². The van der Waals surface area contributed by atoms with Gasteiger partial charge < -0.3 is 10.2 Å². The van der Waals surface area contributed by atoms with Gasteiger partial charge in [-0.05, 0) is 50.3 Å². The Labute approximate surface area is 198 Å². The number of thiophene rings is 1. The second kappa shape index (κ2) is 9.11. The Bertz CT molecular complexity index is 1140. The first kappa shape index (κ1) is 21.9. The molecule has 0 bridgehead atoms. The zero-order chi connectivity index (χ0) is 22.9. The molecule has 8 heteroatoms. The Morgan fingerprint density at radius 2 is 1.97 bits per heavy atom. The van der Waals surface area contributed by atoms with Gasteiger partial charge in [0.2, 0.25) is 11.8 Å². The van der Waals surface area contributed by atoms with Crippen LogP contribution in [0, 0.1) is 13.8 Å². The molecule has 0 unspecified atom stereocenters. The molecule has 7 nitrogen and oxygen atoms in total. The Balaban J connectivity index is 1.42. The van der Waals surface area contributed by atoms with Crippen LogP contribution in [0.4, 0.5) is 0 Å². The van der Waals surface area contributed by atoms with Gasteiger partial charge >= 0.3 is 0 Å². The summed E-state index contributed by atoms with van der Waals surface area (Å²) in [6, 6.07) is 13.7. The van der Waals surface area contributed by atoms with E-state index in [0.29, 0.717) is 13.1 Å². The molecule has 2 aliphatic heterocycles. The van der Waals surface area contributed by atoms with Crippen molar-refractivity contribution in [1.82, 2.24) is 24.9 Å². The van der Waals surface area contributed by atoms with Crippen LogP contribution in [0.1, 0.15) is 46.8 Å². The van der Waals surface area contributed by atoms with Crippen LogP contribution in [0.15, 0.2) is 47.8 Å². The highest BCUT2D eigenvalue weighted by molar-refractivity contribution is 7.10. The number of carbonyl (C=O) groups is 2. The molecule has 2 fully saturated rings. The molecule has 3 aromatic rings. The summed E-state index contributed by atoms with van der Waals surface area (Å²) < 4.78 is 1.89. The molecule has 2 aromatic heterocycles. The SMILES string of the molecule is Cc1nn(-c2ccccc2)c(C)c1[C@@H]1C(=O)NCCN1CC(=O)N1CCC[C@@H]1c1cccs1. The summed E-state index contributed by atoms with van der Waals surface area (Å²) in [5.41, 5.74) is 3.59. The van der Waals surface area contributed by atoms with E-state index < -0.39 is 6.04 Å². The van der Waals surface area contributed by atoms with E-state index in [4.69, 9.17) is 5.10 Å². The number of nitrogens with one attached hydrogen (secondary N) is 1. The van der Waals surface area contributed by atoms with Gasteiger partial charge in [-0.1, -0.05) is 24.3 Å². The number of carbonyl (C=O) groups excluding carboxylic acids is 2. The molecule has 2 aliphatic rings. The number of likely N-dealkylation sites (tertiary alicyclic amines) is 1. The molecule has 0 saturated carbocycles. The van der Waals surface area contributed by atoms with Crippen molar-refractivity contribution in [3.8, 4) is 5.69 Å². The Kier molecular flexibility index (Phi) is 6.03. The molecule has 1 N–H and O–H groups in total. The lowest BCUT2D eigenvalue weighted by Crippen LogP contribution is -2.53. The maximum Gasteiger partial charge on any atom is 0.242 e. The smallest absolute Gasteiger partial charge is 0.242 e.